The van der Waals surface area contributed by atoms with Crippen molar-refractivity contribution in [2.45, 2.75) is 26.8 Å². The van der Waals surface area contributed by atoms with Gasteiger partial charge in [-0.25, -0.2) is 0 Å². The molecule has 1 aromatic carbocycles. The summed E-state index contributed by atoms with van der Waals surface area (Å²) in [6.07, 6.45) is 0. The summed E-state index contributed by atoms with van der Waals surface area (Å²) in [5, 5.41) is 0. The van der Waals surface area contributed by atoms with E-state index in [1.165, 1.54) is 4.31 Å². The number of hydrogen-bond acceptors (Lipinski definition) is 2. The van der Waals surface area contributed by atoms with Gasteiger partial charge in [-0.15, -0.1) is 0 Å². The molecular weight excluding hydrogens is 304 g/mol. The molecule has 1 aromatic rings. The number of rotatable bonds is 4. The molecule has 1 N–H and O–H groups in total. The maximum atomic E-state index is 12.0. The van der Waals surface area contributed by atoms with Gasteiger partial charge >= 0.3 is 10.2 Å². The Morgan fingerprint density at radius 1 is 1.35 bits per heavy atom. The number of anilines is 1. The predicted molar refractivity (Wildman–Crippen MR) is 74.3 cm³/mol. The van der Waals surface area contributed by atoms with Crippen LogP contribution in [0.2, 0.25) is 0 Å². The predicted octanol–water partition coefficient (Wildman–Crippen LogP) is 2.75. The second kappa shape index (κ2) is 5.37. The van der Waals surface area contributed by atoms with Gasteiger partial charge in [-0.3, -0.25) is 4.72 Å². The van der Waals surface area contributed by atoms with E-state index in [4.69, 9.17) is 0 Å². The number of hydrogen-bond donors (Lipinski definition) is 1. The fourth-order valence-corrected chi connectivity index (χ4v) is 2.83. The topological polar surface area (TPSA) is 49.4 Å². The van der Waals surface area contributed by atoms with Crippen molar-refractivity contribution in [3.63, 3.8) is 0 Å². The second-order valence-corrected chi connectivity index (χ2v) is 6.78. The maximum Gasteiger partial charge on any atom is 0.301 e. The number of nitrogens with zero attached hydrogens (tertiary/aromatic N) is 1. The molecule has 0 aliphatic heterocycles. The van der Waals surface area contributed by atoms with Crippen LogP contribution in [0.15, 0.2) is 22.7 Å². The van der Waals surface area contributed by atoms with Gasteiger partial charge in [-0.2, -0.15) is 12.7 Å². The minimum atomic E-state index is -3.50. The third kappa shape index (κ3) is 3.69. The highest BCUT2D eigenvalue weighted by Crippen LogP contribution is 2.25. The Bertz CT molecular complexity index is 500. The molecule has 0 amide bonds. The fourth-order valence-electron chi connectivity index (χ4n) is 1.21. The van der Waals surface area contributed by atoms with Crippen LogP contribution >= 0.6 is 15.9 Å². The third-order valence-electron chi connectivity index (χ3n) is 2.47. The van der Waals surface area contributed by atoms with Gasteiger partial charge in [0.2, 0.25) is 0 Å². The van der Waals surface area contributed by atoms with E-state index in [1.807, 2.05) is 32.9 Å². The van der Waals surface area contributed by atoms with Crippen LogP contribution in [0.4, 0.5) is 5.69 Å². The fraction of sp³-hybridized carbons (Fsp3) is 0.455. The Morgan fingerprint density at radius 2 is 1.94 bits per heavy atom. The van der Waals surface area contributed by atoms with Crippen molar-refractivity contribution in [1.82, 2.24) is 4.31 Å². The lowest BCUT2D eigenvalue weighted by Crippen LogP contribution is -2.37. The summed E-state index contributed by atoms with van der Waals surface area (Å²) >= 11 is 3.32. The molecule has 6 heteroatoms. The molecule has 0 heterocycles. The highest BCUT2D eigenvalue weighted by molar-refractivity contribution is 9.10. The van der Waals surface area contributed by atoms with Crippen molar-refractivity contribution < 1.29 is 8.42 Å². The summed E-state index contributed by atoms with van der Waals surface area (Å²) in [4.78, 5) is 0. The van der Waals surface area contributed by atoms with E-state index in [0.717, 1.165) is 10.0 Å². The highest BCUT2D eigenvalue weighted by atomic mass is 79.9. The lowest BCUT2D eigenvalue weighted by molar-refractivity contribution is 0.414. The molecule has 4 nitrogen and oxygen atoms in total. The molecule has 0 saturated carbocycles. The zero-order valence-electron chi connectivity index (χ0n) is 10.4. The molecule has 0 fully saturated rings. The van der Waals surface area contributed by atoms with Gasteiger partial charge in [0.25, 0.3) is 0 Å². The van der Waals surface area contributed by atoms with Crippen LogP contribution in [-0.4, -0.2) is 25.8 Å². The van der Waals surface area contributed by atoms with Crippen LogP contribution in [-0.2, 0) is 10.2 Å². The molecule has 1 rings (SSSR count). The largest absolute Gasteiger partial charge is 0.301 e. The van der Waals surface area contributed by atoms with Crippen molar-refractivity contribution in [1.29, 1.82) is 0 Å². The van der Waals surface area contributed by atoms with Crippen LogP contribution in [0.5, 0.6) is 0 Å². The number of aryl methyl sites for hydroxylation is 1. The van der Waals surface area contributed by atoms with E-state index in [-0.39, 0.29) is 6.04 Å². The maximum absolute atomic E-state index is 12.0. The monoisotopic (exact) mass is 320 g/mol. The molecule has 0 saturated heterocycles. The first kappa shape index (κ1) is 14.5. The van der Waals surface area contributed by atoms with Crippen molar-refractivity contribution in [2.24, 2.45) is 0 Å². The number of benzene rings is 1. The highest BCUT2D eigenvalue weighted by Gasteiger charge is 2.21. The Balaban J connectivity index is 3.02. The van der Waals surface area contributed by atoms with Gasteiger partial charge in [0, 0.05) is 17.6 Å². The van der Waals surface area contributed by atoms with E-state index in [9.17, 15) is 8.42 Å². The smallest absolute Gasteiger partial charge is 0.270 e. The van der Waals surface area contributed by atoms with Gasteiger partial charge < -0.3 is 0 Å². The minimum Gasteiger partial charge on any atom is -0.270 e. The normalized spacial score (nSPS) is 12.2. The Hall–Kier alpha value is -0.590. The van der Waals surface area contributed by atoms with Gasteiger partial charge in [-0.05, 0) is 54.4 Å². The molecule has 0 aliphatic carbocycles. The lowest BCUT2D eigenvalue weighted by Gasteiger charge is -2.22. The average molecular weight is 321 g/mol. The average Bonchev–Trinajstić information content (AvgIpc) is 2.21. The molecule has 0 aliphatic rings. The van der Waals surface area contributed by atoms with E-state index < -0.39 is 10.2 Å². The van der Waals surface area contributed by atoms with Crippen LogP contribution in [0.1, 0.15) is 19.4 Å². The van der Waals surface area contributed by atoms with E-state index in [1.54, 1.807) is 13.1 Å². The molecule has 0 bridgehead atoms. The minimum absolute atomic E-state index is 0.0870. The van der Waals surface area contributed by atoms with E-state index >= 15 is 0 Å². The van der Waals surface area contributed by atoms with E-state index in [2.05, 4.69) is 20.7 Å². The van der Waals surface area contributed by atoms with Crippen molar-refractivity contribution in [2.75, 3.05) is 11.8 Å². The summed E-state index contributed by atoms with van der Waals surface area (Å²) < 4.78 is 28.6. The third-order valence-corrected chi connectivity index (χ3v) is 4.82. The van der Waals surface area contributed by atoms with Crippen LogP contribution in [0, 0.1) is 6.92 Å². The Kier molecular flexibility index (Phi) is 4.57. The molecule has 0 aromatic heterocycles. The molecule has 0 unspecified atom stereocenters. The van der Waals surface area contributed by atoms with Crippen LogP contribution < -0.4 is 4.72 Å². The quantitative estimate of drug-likeness (QED) is 0.927. The lowest BCUT2D eigenvalue weighted by atomic mass is 10.2. The Morgan fingerprint density at radius 3 is 2.47 bits per heavy atom. The SMILES string of the molecule is Cc1ccc(Br)c(NS(=O)(=O)N(C)C(C)C)c1. The second-order valence-electron chi connectivity index (χ2n) is 4.20. The van der Waals surface area contributed by atoms with Gasteiger partial charge in [-0.1, -0.05) is 6.07 Å². The van der Waals surface area contributed by atoms with Gasteiger partial charge in [0.05, 0.1) is 5.69 Å². The summed E-state index contributed by atoms with van der Waals surface area (Å²) in [7, 11) is -1.95. The van der Waals surface area contributed by atoms with Crippen molar-refractivity contribution in [3.05, 3.63) is 28.2 Å². The molecule has 0 spiro atoms. The van der Waals surface area contributed by atoms with E-state index in [0.29, 0.717) is 5.69 Å². The summed E-state index contributed by atoms with van der Waals surface area (Å²) in [6.45, 7) is 5.56. The van der Waals surface area contributed by atoms with Crippen LogP contribution in [0.3, 0.4) is 0 Å². The summed E-state index contributed by atoms with van der Waals surface area (Å²) in [6, 6.07) is 5.43. The van der Waals surface area contributed by atoms with Crippen molar-refractivity contribution >= 4 is 31.8 Å². The molecule has 0 radical (unpaired) electrons. The molecule has 17 heavy (non-hydrogen) atoms. The first-order valence-corrected chi connectivity index (χ1v) is 7.49. The molecular formula is C11H17BrN2O2S. The van der Waals surface area contributed by atoms with Gasteiger partial charge in [0.1, 0.15) is 0 Å². The standard InChI is InChI=1S/C11H17BrN2O2S/c1-8(2)14(4)17(15,16)13-11-7-9(3)5-6-10(11)12/h5-8,13H,1-4H3. The Labute approximate surface area is 111 Å². The van der Waals surface area contributed by atoms with Crippen LogP contribution in [0.25, 0.3) is 0 Å². The summed E-state index contributed by atoms with van der Waals surface area (Å²) in [5.41, 5.74) is 1.55. The zero-order chi connectivity index (χ0) is 13.2. The zero-order valence-corrected chi connectivity index (χ0v) is 12.8. The first-order valence-electron chi connectivity index (χ1n) is 5.26. The molecule has 96 valence electrons. The number of halogens is 1. The number of nitrogens with one attached hydrogen (secondary N) is 1. The van der Waals surface area contributed by atoms with Crippen molar-refractivity contribution in [3.8, 4) is 0 Å². The van der Waals surface area contributed by atoms with Gasteiger partial charge in [0.15, 0.2) is 0 Å². The first-order chi connectivity index (χ1) is 7.74. The summed E-state index contributed by atoms with van der Waals surface area (Å²) in [5.74, 6) is 0. The molecule has 0 atom stereocenters.